The molecule has 0 saturated carbocycles. The Balaban J connectivity index is 0.000000980. The highest BCUT2D eigenvalue weighted by Crippen LogP contribution is 2.32. The zero-order valence-corrected chi connectivity index (χ0v) is 10.1. The minimum absolute atomic E-state index is 0. The van der Waals surface area contributed by atoms with E-state index in [0.29, 0.717) is 0 Å². The molecule has 0 amide bonds. The molecule has 2 N–H and O–H groups in total. The van der Waals surface area contributed by atoms with Crippen LogP contribution in [0.3, 0.4) is 0 Å². The summed E-state index contributed by atoms with van der Waals surface area (Å²) in [7, 11) is 0. The zero-order valence-electron chi connectivity index (χ0n) is 8.43. The standard InChI is InChI=1S/C11H14N2.2ClH/c1-2-7-13-8-10(12)9-5-3-4-6-11(9)13;;/h2-6,10H,1,7-8,12H2;2*1H. The molecule has 84 valence electrons. The third-order valence-electron chi connectivity index (χ3n) is 2.44. The van der Waals surface area contributed by atoms with E-state index in [2.05, 4.69) is 23.6 Å². The van der Waals surface area contributed by atoms with Gasteiger partial charge in [-0.3, -0.25) is 0 Å². The monoisotopic (exact) mass is 246 g/mol. The van der Waals surface area contributed by atoms with Gasteiger partial charge in [0.1, 0.15) is 0 Å². The first-order valence-electron chi connectivity index (χ1n) is 4.53. The van der Waals surface area contributed by atoms with E-state index in [-0.39, 0.29) is 30.9 Å². The van der Waals surface area contributed by atoms with Crippen molar-refractivity contribution in [2.75, 3.05) is 18.0 Å². The predicted octanol–water partition coefficient (Wildman–Crippen LogP) is 2.54. The summed E-state index contributed by atoms with van der Waals surface area (Å²) in [4.78, 5) is 2.26. The molecule has 0 saturated heterocycles. The molecule has 1 aromatic rings. The van der Waals surface area contributed by atoms with E-state index < -0.39 is 0 Å². The Morgan fingerprint density at radius 3 is 2.73 bits per heavy atom. The lowest BCUT2D eigenvalue weighted by atomic mass is 10.1. The molecule has 0 spiro atoms. The molecule has 0 aromatic heterocycles. The van der Waals surface area contributed by atoms with Crippen LogP contribution in [0, 0.1) is 0 Å². The Morgan fingerprint density at radius 2 is 2.07 bits per heavy atom. The van der Waals surface area contributed by atoms with Gasteiger partial charge in [-0.25, -0.2) is 0 Å². The lowest BCUT2D eigenvalue weighted by Crippen LogP contribution is -2.24. The average Bonchev–Trinajstić information content (AvgIpc) is 2.46. The zero-order chi connectivity index (χ0) is 9.26. The summed E-state index contributed by atoms with van der Waals surface area (Å²) in [5.74, 6) is 0. The fourth-order valence-electron chi connectivity index (χ4n) is 1.85. The van der Waals surface area contributed by atoms with E-state index in [9.17, 15) is 0 Å². The summed E-state index contributed by atoms with van der Waals surface area (Å²) in [5.41, 5.74) is 8.50. The number of anilines is 1. The third-order valence-corrected chi connectivity index (χ3v) is 2.44. The van der Waals surface area contributed by atoms with Crippen LogP contribution in [0.5, 0.6) is 0 Å². The molecule has 1 aliphatic rings. The number of nitrogens with zero attached hydrogens (tertiary/aromatic N) is 1. The summed E-state index contributed by atoms with van der Waals surface area (Å²) in [5, 5.41) is 0. The Hall–Kier alpha value is -0.700. The van der Waals surface area contributed by atoms with Gasteiger partial charge in [0.15, 0.2) is 0 Å². The summed E-state index contributed by atoms with van der Waals surface area (Å²) in [6, 6.07) is 8.47. The molecule has 0 aliphatic carbocycles. The highest BCUT2D eigenvalue weighted by atomic mass is 35.5. The molecule has 1 aromatic carbocycles. The fourth-order valence-corrected chi connectivity index (χ4v) is 1.85. The quantitative estimate of drug-likeness (QED) is 0.814. The molecule has 1 aliphatic heterocycles. The maximum Gasteiger partial charge on any atom is 0.0493 e. The van der Waals surface area contributed by atoms with Gasteiger partial charge in [0.2, 0.25) is 0 Å². The van der Waals surface area contributed by atoms with Crippen molar-refractivity contribution in [3.8, 4) is 0 Å². The van der Waals surface area contributed by atoms with Crippen LogP contribution in [-0.2, 0) is 0 Å². The van der Waals surface area contributed by atoms with Gasteiger partial charge in [-0.05, 0) is 11.6 Å². The van der Waals surface area contributed by atoms with Gasteiger partial charge < -0.3 is 10.6 Å². The highest BCUT2D eigenvalue weighted by Gasteiger charge is 2.23. The molecule has 15 heavy (non-hydrogen) atoms. The first-order chi connectivity index (χ1) is 6.33. The first-order valence-corrected chi connectivity index (χ1v) is 4.53. The fraction of sp³-hybridized carbons (Fsp3) is 0.273. The topological polar surface area (TPSA) is 29.3 Å². The maximum atomic E-state index is 5.99. The van der Waals surface area contributed by atoms with Crippen LogP contribution in [0.1, 0.15) is 11.6 Å². The van der Waals surface area contributed by atoms with Gasteiger partial charge >= 0.3 is 0 Å². The molecule has 0 bridgehead atoms. The number of nitrogens with two attached hydrogens (primary N) is 1. The number of hydrogen-bond acceptors (Lipinski definition) is 2. The Kier molecular flexibility index (Phi) is 5.73. The van der Waals surface area contributed by atoms with Crippen molar-refractivity contribution in [1.29, 1.82) is 0 Å². The van der Waals surface area contributed by atoms with E-state index in [1.165, 1.54) is 11.3 Å². The molecule has 2 nitrogen and oxygen atoms in total. The van der Waals surface area contributed by atoms with Gasteiger partial charge in [0, 0.05) is 24.8 Å². The second kappa shape index (κ2) is 6.01. The van der Waals surface area contributed by atoms with Crippen molar-refractivity contribution < 1.29 is 0 Å². The number of para-hydroxylation sites is 1. The van der Waals surface area contributed by atoms with Gasteiger partial charge in [0.25, 0.3) is 0 Å². The number of rotatable bonds is 2. The summed E-state index contributed by atoms with van der Waals surface area (Å²) < 4.78 is 0. The van der Waals surface area contributed by atoms with Gasteiger partial charge in [-0.1, -0.05) is 24.3 Å². The minimum atomic E-state index is 0. The Morgan fingerprint density at radius 1 is 1.40 bits per heavy atom. The van der Waals surface area contributed by atoms with Crippen molar-refractivity contribution >= 4 is 30.5 Å². The summed E-state index contributed by atoms with van der Waals surface area (Å²) in [6.07, 6.45) is 1.91. The van der Waals surface area contributed by atoms with E-state index in [1.54, 1.807) is 0 Å². The Labute approximate surface area is 103 Å². The predicted molar refractivity (Wildman–Crippen MR) is 70.3 cm³/mol. The molecular weight excluding hydrogens is 231 g/mol. The van der Waals surface area contributed by atoms with Gasteiger partial charge in [-0.2, -0.15) is 0 Å². The largest absolute Gasteiger partial charge is 0.366 e. The van der Waals surface area contributed by atoms with Crippen molar-refractivity contribution in [3.63, 3.8) is 0 Å². The molecule has 0 radical (unpaired) electrons. The molecule has 1 heterocycles. The van der Waals surface area contributed by atoms with Crippen molar-refractivity contribution in [1.82, 2.24) is 0 Å². The van der Waals surface area contributed by atoms with Crippen LogP contribution in [0.4, 0.5) is 5.69 Å². The van der Waals surface area contributed by atoms with Crippen LogP contribution < -0.4 is 10.6 Å². The summed E-state index contributed by atoms with van der Waals surface area (Å²) in [6.45, 7) is 5.53. The normalized spacial score (nSPS) is 17.4. The number of halogens is 2. The average molecular weight is 247 g/mol. The number of fused-ring (bicyclic) bond motifs is 1. The minimum Gasteiger partial charge on any atom is -0.366 e. The first kappa shape index (κ1) is 14.3. The SMILES string of the molecule is C=CCN1CC(N)c2ccccc21.Cl.Cl. The maximum absolute atomic E-state index is 5.99. The molecular formula is C11H16Cl2N2. The van der Waals surface area contributed by atoms with E-state index in [0.717, 1.165) is 13.1 Å². The summed E-state index contributed by atoms with van der Waals surface area (Å²) >= 11 is 0. The lowest BCUT2D eigenvalue weighted by molar-refractivity contribution is 0.745. The van der Waals surface area contributed by atoms with Crippen molar-refractivity contribution in [3.05, 3.63) is 42.5 Å². The second-order valence-electron chi connectivity index (χ2n) is 3.36. The third kappa shape index (κ3) is 2.65. The van der Waals surface area contributed by atoms with E-state index >= 15 is 0 Å². The van der Waals surface area contributed by atoms with Crippen LogP contribution in [0.15, 0.2) is 36.9 Å². The molecule has 2 rings (SSSR count). The molecule has 1 unspecified atom stereocenters. The molecule has 0 fully saturated rings. The second-order valence-corrected chi connectivity index (χ2v) is 3.36. The van der Waals surface area contributed by atoms with Crippen molar-refractivity contribution in [2.45, 2.75) is 6.04 Å². The number of benzene rings is 1. The Bertz CT molecular complexity index is 328. The highest BCUT2D eigenvalue weighted by molar-refractivity contribution is 5.85. The van der Waals surface area contributed by atoms with Gasteiger partial charge in [-0.15, -0.1) is 31.4 Å². The smallest absolute Gasteiger partial charge is 0.0493 e. The van der Waals surface area contributed by atoms with Crippen LogP contribution in [0.25, 0.3) is 0 Å². The molecule has 4 heteroatoms. The van der Waals surface area contributed by atoms with Gasteiger partial charge in [0.05, 0.1) is 0 Å². The van der Waals surface area contributed by atoms with Crippen LogP contribution in [-0.4, -0.2) is 13.1 Å². The van der Waals surface area contributed by atoms with Crippen molar-refractivity contribution in [2.24, 2.45) is 5.73 Å². The lowest BCUT2D eigenvalue weighted by Gasteiger charge is -2.16. The van der Waals surface area contributed by atoms with Crippen LogP contribution >= 0.6 is 24.8 Å². The van der Waals surface area contributed by atoms with Crippen LogP contribution in [0.2, 0.25) is 0 Å². The molecule has 1 atom stereocenters. The van der Waals surface area contributed by atoms with E-state index in [4.69, 9.17) is 5.73 Å². The number of hydrogen-bond donors (Lipinski definition) is 1. The van der Waals surface area contributed by atoms with E-state index in [1.807, 2.05) is 18.2 Å².